The van der Waals surface area contributed by atoms with E-state index in [0.29, 0.717) is 19.4 Å². The molecule has 0 unspecified atom stereocenters. The normalized spacial score (nSPS) is 9.48. The molecule has 0 aliphatic rings. The highest BCUT2D eigenvalue weighted by Gasteiger charge is 2.16. The zero-order valence-corrected chi connectivity index (χ0v) is 13.2. The van der Waals surface area contributed by atoms with E-state index in [1.807, 2.05) is 0 Å². The van der Waals surface area contributed by atoms with Crippen molar-refractivity contribution in [1.82, 2.24) is 0 Å². The minimum atomic E-state index is -0.529. The number of unbranched alkanes of at least 4 members (excludes halogenated alkanes) is 1. The van der Waals surface area contributed by atoms with Crippen molar-refractivity contribution in [3.8, 4) is 17.2 Å². The van der Waals surface area contributed by atoms with Crippen LogP contribution in [0.1, 0.15) is 23.2 Å². The van der Waals surface area contributed by atoms with Crippen molar-refractivity contribution in [2.45, 2.75) is 12.8 Å². The Labute approximate surface area is 134 Å². The smallest absolute Gasteiger partial charge is 0.338 e. The van der Waals surface area contributed by atoms with Crippen LogP contribution in [-0.4, -0.2) is 49.9 Å². The van der Waals surface area contributed by atoms with Crippen LogP contribution in [0.25, 0.3) is 0 Å². The van der Waals surface area contributed by atoms with Gasteiger partial charge in [-0.05, 0) is 25.0 Å². The van der Waals surface area contributed by atoms with Gasteiger partial charge in [0.1, 0.15) is 0 Å². The summed E-state index contributed by atoms with van der Waals surface area (Å²) in [6.07, 6.45) is 1.34. The molecule has 0 aliphatic heterocycles. The van der Waals surface area contributed by atoms with E-state index >= 15 is 0 Å². The van der Waals surface area contributed by atoms with Crippen molar-refractivity contribution < 1.29 is 29.6 Å². The molecular formula is C14H23N3O6. The van der Waals surface area contributed by atoms with Crippen LogP contribution < -0.4 is 20.9 Å². The predicted octanol–water partition coefficient (Wildman–Crippen LogP) is -0.205. The quantitative estimate of drug-likeness (QED) is 0.257. The predicted molar refractivity (Wildman–Crippen MR) is 85.0 cm³/mol. The molecular weight excluding hydrogens is 306 g/mol. The Balaban J connectivity index is 0.00000484. The molecule has 1 aromatic carbocycles. The third-order valence-corrected chi connectivity index (χ3v) is 2.80. The Morgan fingerprint density at radius 1 is 1.17 bits per heavy atom. The minimum absolute atomic E-state index is 0. The number of carbonyl (C=O) groups is 1. The fraction of sp³-hybridized carbons (Fsp3) is 0.429. The van der Waals surface area contributed by atoms with Gasteiger partial charge in [0.15, 0.2) is 17.5 Å². The van der Waals surface area contributed by atoms with E-state index in [0.717, 1.165) is 0 Å². The van der Waals surface area contributed by atoms with Crippen molar-refractivity contribution in [2.24, 2.45) is 16.5 Å². The summed E-state index contributed by atoms with van der Waals surface area (Å²) in [6, 6.07) is 2.78. The lowest BCUT2D eigenvalue weighted by molar-refractivity contribution is 0.0498. The summed E-state index contributed by atoms with van der Waals surface area (Å²) in [6.45, 7) is 0.727. The van der Waals surface area contributed by atoms with Crippen LogP contribution in [0.2, 0.25) is 0 Å². The van der Waals surface area contributed by atoms with Crippen molar-refractivity contribution >= 4 is 11.9 Å². The standard InChI is InChI=1S/C14H21N3O5.H2O/c1-20-10-7-9(8-11(21-2)12(10)18)13(19)22-6-4-3-5-17-14(15)16;/h7-8,18H,3-6H2,1-2H3,(H4,15,16,17);1H2. The van der Waals surface area contributed by atoms with Crippen molar-refractivity contribution in [1.29, 1.82) is 0 Å². The Morgan fingerprint density at radius 2 is 1.74 bits per heavy atom. The van der Waals surface area contributed by atoms with E-state index in [2.05, 4.69) is 4.99 Å². The Morgan fingerprint density at radius 3 is 2.22 bits per heavy atom. The number of carbonyl (C=O) groups excluding carboxylic acids is 1. The second-order valence-corrected chi connectivity index (χ2v) is 4.38. The molecule has 1 aromatic rings. The lowest BCUT2D eigenvalue weighted by Gasteiger charge is -2.11. The van der Waals surface area contributed by atoms with Gasteiger partial charge >= 0.3 is 5.97 Å². The number of phenolic OH excluding ortho intramolecular Hbond substituents is 1. The largest absolute Gasteiger partial charge is 0.502 e. The number of rotatable bonds is 8. The maximum Gasteiger partial charge on any atom is 0.338 e. The van der Waals surface area contributed by atoms with E-state index in [1.54, 1.807) is 0 Å². The first-order chi connectivity index (χ1) is 10.5. The highest BCUT2D eigenvalue weighted by Crippen LogP contribution is 2.37. The highest BCUT2D eigenvalue weighted by atomic mass is 16.5. The van der Waals surface area contributed by atoms with Crippen molar-refractivity contribution in [2.75, 3.05) is 27.4 Å². The topological polar surface area (TPSA) is 161 Å². The first-order valence-electron chi connectivity index (χ1n) is 6.67. The molecule has 0 aromatic heterocycles. The summed E-state index contributed by atoms with van der Waals surface area (Å²) in [7, 11) is 2.76. The third-order valence-electron chi connectivity index (χ3n) is 2.80. The van der Waals surface area contributed by atoms with Gasteiger partial charge in [0, 0.05) is 6.54 Å². The van der Waals surface area contributed by atoms with Crippen LogP contribution in [0.5, 0.6) is 17.2 Å². The number of guanidine groups is 1. The van der Waals surface area contributed by atoms with E-state index in [-0.39, 0.29) is 40.9 Å². The van der Waals surface area contributed by atoms with E-state index in [1.165, 1.54) is 26.4 Å². The molecule has 130 valence electrons. The van der Waals surface area contributed by atoms with Gasteiger partial charge in [0.2, 0.25) is 5.75 Å². The Bertz CT molecular complexity index is 518. The molecule has 0 atom stereocenters. The van der Waals surface area contributed by atoms with Gasteiger partial charge in [-0.15, -0.1) is 0 Å². The summed E-state index contributed by atoms with van der Waals surface area (Å²) in [4.78, 5) is 15.8. The summed E-state index contributed by atoms with van der Waals surface area (Å²) in [5, 5.41) is 9.78. The summed E-state index contributed by atoms with van der Waals surface area (Å²) in [5.41, 5.74) is 10.6. The number of aromatic hydroxyl groups is 1. The number of aliphatic imine (C=N–C) groups is 1. The van der Waals surface area contributed by atoms with Crippen LogP contribution in [0.15, 0.2) is 17.1 Å². The average Bonchev–Trinajstić information content (AvgIpc) is 2.50. The SMILES string of the molecule is COc1cc(C(=O)OCCCCN=C(N)N)cc(OC)c1O.O. The second kappa shape index (κ2) is 10.1. The van der Waals surface area contributed by atoms with E-state index < -0.39 is 5.97 Å². The third kappa shape index (κ3) is 6.30. The summed E-state index contributed by atoms with van der Waals surface area (Å²) in [5.74, 6) is -0.379. The Hall–Kier alpha value is -2.68. The maximum atomic E-state index is 12.0. The number of phenols is 1. The molecule has 0 saturated carbocycles. The van der Waals surface area contributed by atoms with Crippen LogP contribution in [0.4, 0.5) is 0 Å². The van der Waals surface area contributed by atoms with Gasteiger partial charge in [-0.25, -0.2) is 4.79 Å². The second-order valence-electron chi connectivity index (χ2n) is 4.38. The number of esters is 1. The van der Waals surface area contributed by atoms with Gasteiger partial charge in [-0.1, -0.05) is 0 Å². The zero-order valence-electron chi connectivity index (χ0n) is 13.2. The molecule has 0 aliphatic carbocycles. The molecule has 1 rings (SSSR count). The average molecular weight is 329 g/mol. The monoisotopic (exact) mass is 329 g/mol. The maximum absolute atomic E-state index is 12.0. The molecule has 0 spiro atoms. The molecule has 0 heterocycles. The Kier molecular flexibility index (Phi) is 8.94. The number of nitrogens with two attached hydrogens (primary N) is 2. The molecule has 0 radical (unpaired) electrons. The number of benzene rings is 1. The number of hydrogen-bond acceptors (Lipinski definition) is 6. The van der Waals surface area contributed by atoms with Gasteiger partial charge in [-0.2, -0.15) is 0 Å². The van der Waals surface area contributed by atoms with E-state index in [4.69, 9.17) is 25.7 Å². The van der Waals surface area contributed by atoms with Crippen molar-refractivity contribution in [3.63, 3.8) is 0 Å². The summed E-state index contributed by atoms with van der Waals surface area (Å²) < 4.78 is 15.1. The fourth-order valence-corrected chi connectivity index (χ4v) is 1.68. The molecule has 0 saturated heterocycles. The van der Waals surface area contributed by atoms with E-state index in [9.17, 15) is 9.90 Å². The van der Waals surface area contributed by atoms with Gasteiger partial charge in [-0.3, -0.25) is 4.99 Å². The van der Waals surface area contributed by atoms with Gasteiger partial charge in [0.05, 0.1) is 26.4 Å². The number of nitrogens with zero attached hydrogens (tertiary/aromatic N) is 1. The lowest BCUT2D eigenvalue weighted by atomic mass is 10.2. The zero-order chi connectivity index (χ0) is 16.5. The molecule has 7 N–H and O–H groups in total. The summed E-state index contributed by atoms with van der Waals surface area (Å²) >= 11 is 0. The molecule has 0 fully saturated rings. The first kappa shape index (κ1) is 20.3. The fourth-order valence-electron chi connectivity index (χ4n) is 1.68. The van der Waals surface area contributed by atoms with Crippen LogP contribution >= 0.6 is 0 Å². The number of methoxy groups -OCH3 is 2. The molecule has 0 bridgehead atoms. The van der Waals surface area contributed by atoms with Crippen molar-refractivity contribution in [3.05, 3.63) is 17.7 Å². The first-order valence-corrected chi connectivity index (χ1v) is 6.67. The van der Waals surface area contributed by atoms with Crippen LogP contribution in [0.3, 0.4) is 0 Å². The molecule has 9 nitrogen and oxygen atoms in total. The number of hydrogen-bond donors (Lipinski definition) is 3. The molecule has 0 amide bonds. The van der Waals surface area contributed by atoms with Crippen LogP contribution in [0, 0.1) is 0 Å². The number of ether oxygens (including phenoxy) is 3. The molecule has 9 heteroatoms. The lowest BCUT2D eigenvalue weighted by Crippen LogP contribution is -2.23. The van der Waals surface area contributed by atoms with Crippen LogP contribution in [-0.2, 0) is 4.74 Å². The van der Waals surface area contributed by atoms with Gasteiger partial charge < -0.3 is 36.3 Å². The minimum Gasteiger partial charge on any atom is -0.502 e. The van der Waals surface area contributed by atoms with Gasteiger partial charge in [0.25, 0.3) is 0 Å². The molecule has 23 heavy (non-hydrogen) atoms. The highest BCUT2D eigenvalue weighted by molar-refractivity contribution is 5.91.